The summed E-state index contributed by atoms with van der Waals surface area (Å²) in [6, 6.07) is 10.1. The van der Waals surface area contributed by atoms with Gasteiger partial charge in [-0.25, -0.2) is 4.79 Å². The fraction of sp³-hybridized carbons (Fsp3) is 0.809. The number of Topliss-reactive ketones (excluding diaryl/α,β-unsaturated/α-hetero) is 1. The predicted octanol–water partition coefficient (Wildman–Crippen LogP) is 10.5. The van der Waals surface area contributed by atoms with E-state index >= 15 is 4.79 Å². The lowest BCUT2D eigenvalue weighted by molar-refractivity contribution is -0.234. The lowest BCUT2D eigenvalue weighted by atomic mass is 9.32. The molecule has 7 rings (SSSR count). The topological polar surface area (TPSA) is 84.5 Å². The predicted molar refractivity (Wildman–Crippen MR) is 212 cm³/mol. The van der Waals surface area contributed by atoms with Crippen LogP contribution in [-0.2, 0) is 20.7 Å². The molecule has 1 aromatic rings. The summed E-state index contributed by atoms with van der Waals surface area (Å²) in [6.07, 6.45) is 14.1. The SMILES string of the molecule is CC(C)[C@]1(Cc2ccccc2)C(=O)[C@@H](NC(=O)C2(NC(=O)OC(C)(C)C)CCCC2)[C@H]2CC[C@@]3(C)[C@@H](CC[C@H]4[C@@]5(C)CCCC(C)(C)[C@@H]5CC[C@@]43C)[C@@H]21. The second-order valence-corrected chi connectivity index (χ2v) is 21.8. The van der Waals surface area contributed by atoms with Gasteiger partial charge in [0.25, 0.3) is 0 Å². The van der Waals surface area contributed by atoms with E-state index in [0.29, 0.717) is 41.9 Å². The van der Waals surface area contributed by atoms with Crippen molar-refractivity contribution < 1.29 is 19.1 Å². The maximum absolute atomic E-state index is 15.6. The molecule has 2 amide bonds. The summed E-state index contributed by atoms with van der Waals surface area (Å²) in [7, 11) is 0. The van der Waals surface area contributed by atoms with E-state index in [2.05, 4.69) is 89.4 Å². The minimum Gasteiger partial charge on any atom is -0.444 e. The van der Waals surface area contributed by atoms with E-state index in [9.17, 15) is 9.59 Å². The molecule has 0 radical (unpaired) electrons. The number of alkyl carbamates (subject to hydrolysis) is 1. The van der Waals surface area contributed by atoms with Crippen LogP contribution in [0.4, 0.5) is 4.79 Å². The molecule has 6 saturated carbocycles. The lowest BCUT2D eigenvalue weighted by Gasteiger charge is -2.72. The Bertz CT molecular complexity index is 1570. The van der Waals surface area contributed by atoms with Crippen LogP contribution in [0.25, 0.3) is 0 Å². The molecule has 6 nitrogen and oxygen atoms in total. The van der Waals surface area contributed by atoms with Crippen molar-refractivity contribution >= 4 is 17.8 Å². The number of ether oxygens (including phenoxy) is 1. The second-order valence-electron chi connectivity index (χ2n) is 21.8. The molecule has 6 fully saturated rings. The van der Waals surface area contributed by atoms with E-state index in [1.807, 2.05) is 20.8 Å². The molecule has 6 aliphatic carbocycles. The van der Waals surface area contributed by atoms with Crippen molar-refractivity contribution in [1.82, 2.24) is 10.6 Å². The van der Waals surface area contributed by atoms with Crippen LogP contribution in [0.5, 0.6) is 0 Å². The molecule has 6 heteroatoms. The molecule has 6 aliphatic rings. The highest BCUT2D eigenvalue weighted by atomic mass is 16.6. The molecule has 10 atom stereocenters. The Balaban J connectivity index is 1.27. The van der Waals surface area contributed by atoms with Gasteiger partial charge in [0.1, 0.15) is 11.1 Å². The van der Waals surface area contributed by atoms with Gasteiger partial charge in [-0.1, -0.05) is 98.1 Å². The van der Waals surface area contributed by atoms with Crippen LogP contribution in [0.2, 0.25) is 0 Å². The Labute approximate surface area is 321 Å². The Morgan fingerprint density at radius 2 is 1.47 bits per heavy atom. The van der Waals surface area contributed by atoms with Crippen LogP contribution < -0.4 is 10.6 Å². The molecule has 0 unspecified atom stereocenters. The van der Waals surface area contributed by atoms with Crippen LogP contribution >= 0.6 is 0 Å². The van der Waals surface area contributed by atoms with Gasteiger partial charge >= 0.3 is 6.09 Å². The van der Waals surface area contributed by atoms with Crippen molar-refractivity contribution in [2.45, 2.75) is 176 Å². The van der Waals surface area contributed by atoms with E-state index in [-0.39, 0.29) is 40.3 Å². The van der Waals surface area contributed by atoms with Crippen molar-refractivity contribution in [1.29, 1.82) is 0 Å². The van der Waals surface area contributed by atoms with Gasteiger partial charge in [0.15, 0.2) is 5.78 Å². The van der Waals surface area contributed by atoms with Crippen molar-refractivity contribution in [2.24, 2.45) is 62.6 Å². The minimum atomic E-state index is -1.06. The van der Waals surface area contributed by atoms with E-state index in [4.69, 9.17) is 4.74 Å². The standard InChI is InChI=1S/C47H72N2O4/c1-30(2)47(29-31-17-12-11-13-18-31)36-32(37(38(47)50)48-39(51)46(25-14-15-26-46)49-40(52)53-41(3,4)5)21-27-44(9)33(36)19-20-35-43(8)24-16-23-42(6,7)34(43)22-28-45(35,44)10/h11-13,17-18,30,32-37H,14-16,19-29H2,1-10H3,(H,48,51)(H,49,52)/t32-,33-,34-,35-,36+,37-,43-,44-,45-,47-/m0/s1. The summed E-state index contributed by atoms with van der Waals surface area (Å²) in [4.78, 5) is 43.4. The van der Waals surface area contributed by atoms with Gasteiger partial charge in [-0.05, 0) is 154 Å². The molecule has 0 spiro atoms. The summed E-state index contributed by atoms with van der Waals surface area (Å²) in [6.45, 7) is 23.2. The maximum atomic E-state index is 15.6. The highest BCUT2D eigenvalue weighted by Crippen LogP contribution is 2.77. The number of hydrogen-bond donors (Lipinski definition) is 2. The zero-order valence-electron chi connectivity index (χ0n) is 35.0. The number of rotatable bonds is 6. The Kier molecular flexibility index (Phi) is 9.62. The van der Waals surface area contributed by atoms with Crippen LogP contribution in [0.3, 0.4) is 0 Å². The number of carbonyl (C=O) groups excluding carboxylic acids is 3. The van der Waals surface area contributed by atoms with Gasteiger partial charge in [-0.3, -0.25) is 9.59 Å². The highest BCUT2D eigenvalue weighted by Gasteiger charge is 2.73. The van der Waals surface area contributed by atoms with Crippen molar-refractivity contribution in [2.75, 3.05) is 0 Å². The number of amides is 2. The van der Waals surface area contributed by atoms with Gasteiger partial charge in [0, 0.05) is 5.41 Å². The monoisotopic (exact) mass is 729 g/mol. The number of fused-ring (bicyclic) bond motifs is 7. The largest absolute Gasteiger partial charge is 0.444 e. The molecule has 53 heavy (non-hydrogen) atoms. The van der Waals surface area contributed by atoms with E-state index in [1.165, 1.54) is 50.5 Å². The summed E-state index contributed by atoms with van der Waals surface area (Å²) >= 11 is 0. The van der Waals surface area contributed by atoms with E-state index < -0.39 is 28.7 Å². The smallest absolute Gasteiger partial charge is 0.408 e. The van der Waals surface area contributed by atoms with Crippen molar-refractivity contribution in [3.63, 3.8) is 0 Å². The molecule has 2 N–H and O–H groups in total. The molecule has 0 aliphatic heterocycles. The quantitative estimate of drug-likeness (QED) is 0.305. The maximum Gasteiger partial charge on any atom is 0.408 e. The number of hydrogen-bond acceptors (Lipinski definition) is 4. The fourth-order valence-corrected chi connectivity index (χ4v) is 15.2. The molecular formula is C47H72N2O4. The number of ketones is 1. The number of benzene rings is 1. The molecule has 0 bridgehead atoms. The summed E-state index contributed by atoms with van der Waals surface area (Å²) in [5.41, 5.74) is -0.0204. The average molecular weight is 729 g/mol. The highest BCUT2D eigenvalue weighted by molar-refractivity contribution is 5.99. The number of nitrogens with one attached hydrogen (secondary N) is 2. The normalized spacial score (nSPS) is 41.5. The fourth-order valence-electron chi connectivity index (χ4n) is 15.2. The third-order valence-electron chi connectivity index (χ3n) is 17.6. The number of carbonyl (C=O) groups is 3. The molecule has 294 valence electrons. The van der Waals surface area contributed by atoms with Crippen molar-refractivity contribution in [3.05, 3.63) is 35.9 Å². The van der Waals surface area contributed by atoms with Crippen molar-refractivity contribution in [3.8, 4) is 0 Å². The van der Waals surface area contributed by atoms with Gasteiger partial charge in [0.2, 0.25) is 5.91 Å². The minimum absolute atomic E-state index is 0.0799. The lowest BCUT2D eigenvalue weighted by Crippen LogP contribution is -2.65. The van der Waals surface area contributed by atoms with Crippen LogP contribution in [-0.4, -0.2) is 35.0 Å². The summed E-state index contributed by atoms with van der Waals surface area (Å²) in [5.74, 6) is 2.29. The molecule has 0 saturated heterocycles. The average Bonchev–Trinajstić information content (AvgIpc) is 3.62. The van der Waals surface area contributed by atoms with Crippen LogP contribution in [0.15, 0.2) is 30.3 Å². The summed E-state index contributed by atoms with van der Waals surface area (Å²) < 4.78 is 5.66. The molecular weight excluding hydrogens is 657 g/mol. The van der Waals surface area contributed by atoms with Gasteiger partial charge in [0.05, 0.1) is 6.04 Å². The Morgan fingerprint density at radius 1 is 0.811 bits per heavy atom. The first-order valence-electron chi connectivity index (χ1n) is 21.6. The van der Waals surface area contributed by atoms with Crippen LogP contribution in [0.1, 0.15) is 158 Å². The zero-order chi connectivity index (χ0) is 38.4. The Hall–Kier alpha value is -2.37. The van der Waals surface area contributed by atoms with Gasteiger partial charge in [-0.2, -0.15) is 0 Å². The molecule has 0 heterocycles. The summed E-state index contributed by atoms with van der Waals surface area (Å²) in [5, 5.41) is 6.47. The van der Waals surface area contributed by atoms with Crippen LogP contribution in [0, 0.1) is 62.6 Å². The van der Waals surface area contributed by atoms with E-state index in [0.717, 1.165) is 31.6 Å². The van der Waals surface area contributed by atoms with Gasteiger partial charge < -0.3 is 15.4 Å². The first kappa shape index (κ1) is 38.9. The third kappa shape index (κ3) is 5.94. The Morgan fingerprint density at radius 3 is 2.11 bits per heavy atom. The van der Waals surface area contributed by atoms with E-state index in [1.54, 1.807) is 0 Å². The van der Waals surface area contributed by atoms with Gasteiger partial charge in [-0.15, -0.1) is 0 Å². The zero-order valence-corrected chi connectivity index (χ0v) is 35.0. The first-order chi connectivity index (χ1) is 24.7. The third-order valence-corrected chi connectivity index (χ3v) is 17.6. The second kappa shape index (κ2) is 13.1. The molecule has 0 aromatic heterocycles. The first-order valence-corrected chi connectivity index (χ1v) is 21.6. The molecule has 1 aromatic carbocycles.